The van der Waals surface area contributed by atoms with Crippen LogP contribution in [0.2, 0.25) is 0 Å². The number of rotatable bonds is 2. The summed E-state index contributed by atoms with van der Waals surface area (Å²) in [6.45, 7) is 6.88. The van der Waals surface area contributed by atoms with Gasteiger partial charge in [-0.1, -0.05) is 40.0 Å². The van der Waals surface area contributed by atoms with E-state index in [1.165, 1.54) is 32.1 Å². The van der Waals surface area contributed by atoms with Crippen molar-refractivity contribution in [3.8, 4) is 0 Å². The molecule has 1 heteroatoms. The van der Waals surface area contributed by atoms with Crippen molar-refractivity contribution in [3.63, 3.8) is 0 Å². The van der Waals surface area contributed by atoms with Crippen LogP contribution in [-0.2, 0) is 0 Å². The van der Waals surface area contributed by atoms with Crippen molar-refractivity contribution < 1.29 is 0 Å². The second-order valence-electron chi connectivity index (χ2n) is 4.57. The summed E-state index contributed by atoms with van der Waals surface area (Å²) < 4.78 is 0. The Hall–Kier alpha value is -0.0400. The first-order chi connectivity index (χ1) is 5.61. The molecule has 0 aromatic rings. The Morgan fingerprint density at radius 2 is 2.17 bits per heavy atom. The molecule has 1 rings (SSSR count). The summed E-state index contributed by atoms with van der Waals surface area (Å²) in [7, 11) is 0. The van der Waals surface area contributed by atoms with Crippen LogP contribution in [0.1, 0.15) is 52.9 Å². The molecule has 0 aromatic heterocycles. The van der Waals surface area contributed by atoms with Gasteiger partial charge in [0.2, 0.25) is 0 Å². The minimum Gasteiger partial charge on any atom is -0.325 e. The van der Waals surface area contributed by atoms with E-state index in [9.17, 15) is 0 Å². The van der Waals surface area contributed by atoms with Crippen molar-refractivity contribution in [2.45, 2.75) is 58.4 Å². The smallest absolute Gasteiger partial charge is 0.0206 e. The Kier molecular flexibility index (Phi) is 3.16. The molecular formula is C11H23N. The maximum absolute atomic E-state index is 6.46. The van der Waals surface area contributed by atoms with Gasteiger partial charge in [0.1, 0.15) is 0 Å². The molecule has 0 radical (unpaired) electrons. The number of hydrogen-bond acceptors (Lipinski definition) is 1. The van der Waals surface area contributed by atoms with Gasteiger partial charge in [-0.15, -0.1) is 0 Å². The molecule has 3 unspecified atom stereocenters. The van der Waals surface area contributed by atoms with E-state index in [-0.39, 0.29) is 5.54 Å². The van der Waals surface area contributed by atoms with Crippen LogP contribution in [0.25, 0.3) is 0 Å². The quantitative estimate of drug-likeness (QED) is 0.675. The van der Waals surface area contributed by atoms with Crippen LogP contribution in [0.15, 0.2) is 0 Å². The molecule has 2 N–H and O–H groups in total. The highest BCUT2D eigenvalue weighted by Crippen LogP contribution is 2.37. The summed E-state index contributed by atoms with van der Waals surface area (Å²) in [5.41, 5.74) is 6.60. The van der Waals surface area contributed by atoms with E-state index in [1.807, 2.05) is 0 Å². The molecule has 0 aliphatic heterocycles. The van der Waals surface area contributed by atoms with Gasteiger partial charge in [-0.05, 0) is 24.7 Å². The summed E-state index contributed by atoms with van der Waals surface area (Å²) in [5, 5.41) is 0. The van der Waals surface area contributed by atoms with E-state index in [0.29, 0.717) is 5.92 Å². The zero-order chi connectivity index (χ0) is 9.19. The second kappa shape index (κ2) is 3.78. The first-order valence-electron chi connectivity index (χ1n) is 5.40. The van der Waals surface area contributed by atoms with Crippen molar-refractivity contribution in [2.24, 2.45) is 17.6 Å². The highest BCUT2D eigenvalue weighted by molar-refractivity contribution is 4.95. The summed E-state index contributed by atoms with van der Waals surface area (Å²) in [5.74, 6) is 1.41. The van der Waals surface area contributed by atoms with Gasteiger partial charge in [0, 0.05) is 5.54 Å². The van der Waals surface area contributed by atoms with Gasteiger partial charge >= 0.3 is 0 Å². The minimum atomic E-state index is 0.146. The first kappa shape index (κ1) is 10.0. The van der Waals surface area contributed by atoms with E-state index >= 15 is 0 Å². The number of nitrogens with two attached hydrogens (primary N) is 1. The van der Waals surface area contributed by atoms with Crippen LogP contribution < -0.4 is 5.73 Å². The zero-order valence-corrected chi connectivity index (χ0v) is 8.77. The lowest BCUT2D eigenvalue weighted by molar-refractivity contribution is 0.134. The summed E-state index contributed by atoms with van der Waals surface area (Å²) in [4.78, 5) is 0. The van der Waals surface area contributed by atoms with Gasteiger partial charge in [-0.3, -0.25) is 0 Å². The van der Waals surface area contributed by atoms with Crippen molar-refractivity contribution in [3.05, 3.63) is 0 Å². The van der Waals surface area contributed by atoms with Crippen LogP contribution >= 0.6 is 0 Å². The molecule has 0 heterocycles. The zero-order valence-electron chi connectivity index (χ0n) is 8.77. The molecule has 72 valence electrons. The minimum absolute atomic E-state index is 0.146. The van der Waals surface area contributed by atoms with Gasteiger partial charge in [-0.25, -0.2) is 0 Å². The molecule has 0 amide bonds. The molecule has 1 saturated carbocycles. The highest BCUT2D eigenvalue weighted by atomic mass is 14.8. The molecule has 12 heavy (non-hydrogen) atoms. The third kappa shape index (κ3) is 1.66. The van der Waals surface area contributed by atoms with Gasteiger partial charge < -0.3 is 5.73 Å². The van der Waals surface area contributed by atoms with Crippen LogP contribution in [0, 0.1) is 11.8 Å². The van der Waals surface area contributed by atoms with Crippen LogP contribution in [0.5, 0.6) is 0 Å². The highest BCUT2D eigenvalue weighted by Gasteiger charge is 2.37. The predicted molar refractivity (Wildman–Crippen MR) is 54.0 cm³/mol. The maximum atomic E-state index is 6.46. The van der Waals surface area contributed by atoms with E-state index in [1.54, 1.807) is 0 Å². The molecule has 0 saturated heterocycles. The predicted octanol–water partition coefficient (Wildman–Crippen LogP) is 2.94. The molecule has 0 bridgehead atoms. The molecule has 1 nitrogen and oxygen atoms in total. The van der Waals surface area contributed by atoms with E-state index < -0.39 is 0 Å². The van der Waals surface area contributed by atoms with E-state index in [2.05, 4.69) is 20.8 Å². The summed E-state index contributed by atoms with van der Waals surface area (Å²) >= 11 is 0. The van der Waals surface area contributed by atoms with Gasteiger partial charge in [0.25, 0.3) is 0 Å². The first-order valence-corrected chi connectivity index (χ1v) is 5.40. The van der Waals surface area contributed by atoms with Crippen molar-refractivity contribution >= 4 is 0 Å². The van der Waals surface area contributed by atoms with Crippen molar-refractivity contribution in [1.82, 2.24) is 0 Å². The van der Waals surface area contributed by atoms with Crippen LogP contribution in [-0.4, -0.2) is 5.54 Å². The van der Waals surface area contributed by atoms with Gasteiger partial charge in [0.15, 0.2) is 0 Å². The largest absolute Gasteiger partial charge is 0.325 e. The Morgan fingerprint density at radius 3 is 2.67 bits per heavy atom. The SMILES string of the molecule is CCC(C)C1(N)CCCCC1C. The third-order valence-corrected chi connectivity index (χ3v) is 3.94. The Bertz CT molecular complexity index is 138. The molecule has 0 aromatic carbocycles. The Morgan fingerprint density at radius 1 is 1.50 bits per heavy atom. The Balaban J connectivity index is 2.65. The maximum Gasteiger partial charge on any atom is 0.0206 e. The van der Waals surface area contributed by atoms with E-state index in [0.717, 1.165) is 5.92 Å². The summed E-state index contributed by atoms with van der Waals surface area (Å²) in [6, 6.07) is 0. The fraction of sp³-hybridized carbons (Fsp3) is 1.00. The molecule has 1 aliphatic carbocycles. The molecular weight excluding hydrogens is 146 g/mol. The molecule has 1 fully saturated rings. The standard InChI is InChI=1S/C11H23N/c1-4-9(2)11(12)8-6-5-7-10(11)3/h9-10H,4-8,12H2,1-3H3. The third-order valence-electron chi connectivity index (χ3n) is 3.94. The van der Waals surface area contributed by atoms with Crippen molar-refractivity contribution in [2.75, 3.05) is 0 Å². The van der Waals surface area contributed by atoms with Crippen LogP contribution in [0.4, 0.5) is 0 Å². The molecule has 0 spiro atoms. The topological polar surface area (TPSA) is 26.0 Å². The Labute approximate surface area is 76.7 Å². The lowest BCUT2D eigenvalue weighted by Crippen LogP contribution is -2.53. The fourth-order valence-corrected chi connectivity index (χ4v) is 2.51. The molecule has 3 atom stereocenters. The molecule has 1 aliphatic rings. The number of hydrogen-bond donors (Lipinski definition) is 1. The normalized spacial score (nSPS) is 39.5. The average molecular weight is 169 g/mol. The lowest BCUT2D eigenvalue weighted by atomic mass is 9.67. The van der Waals surface area contributed by atoms with Crippen LogP contribution in [0.3, 0.4) is 0 Å². The summed E-state index contributed by atoms with van der Waals surface area (Å²) in [6.07, 6.45) is 6.52. The average Bonchev–Trinajstić information content (AvgIpc) is 2.09. The van der Waals surface area contributed by atoms with Crippen molar-refractivity contribution in [1.29, 1.82) is 0 Å². The van der Waals surface area contributed by atoms with Gasteiger partial charge in [-0.2, -0.15) is 0 Å². The lowest BCUT2D eigenvalue weighted by Gasteiger charge is -2.44. The second-order valence-corrected chi connectivity index (χ2v) is 4.57. The fourth-order valence-electron chi connectivity index (χ4n) is 2.51. The van der Waals surface area contributed by atoms with E-state index in [4.69, 9.17) is 5.73 Å². The monoisotopic (exact) mass is 169 g/mol. The van der Waals surface area contributed by atoms with Gasteiger partial charge in [0.05, 0.1) is 0 Å².